The van der Waals surface area contributed by atoms with Gasteiger partial charge in [-0.15, -0.1) is 0 Å². The Bertz CT molecular complexity index is 2690. The van der Waals surface area contributed by atoms with Gasteiger partial charge in [-0.1, -0.05) is 69.0 Å². The summed E-state index contributed by atoms with van der Waals surface area (Å²) in [5, 5.41) is 5.58. The lowest BCUT2D eigenvalue weighted by Crippen LogP contribution is -2.28. The number of allylic oxidation sites excluding steroid dienone is 2. The van der Waals surface area contributed by atoms with Crippen molar-refractivity contribution >= 4 is 64.9 Å². The van der Waals surface area contributed by atoms with E-state index in [1.807, 2.05) is 24.3 Å². The van der Waals surface area contributed by atoms with Gasteiger partial charge in [0.2, 0.25) is 27.2 Å². The zero-order chi connectivity index (χ0) is 49.9. The number of hydrogen-bond acceptors (Lipinski definition) is 20. The molecule has 0 spiro atoms. The highest BCUT2D eigenvalue weighted by molar-refractivity contribution is 8.14. The Kier molecular flexibility index (Phi) is 18.5. The average Bonchev–Trinajstić information content (AvgIpc) is 3.79. The van der Waals surface area contributed by atoms with Crippen LogP contribution in [0.4, 0.5) is 0 Å². The van der Waals surface area contributed by atoms with Gasteiger partial charge in [-0.2, -0.15) is 10.1 Å². The number of nitrogens with zero attached hydrogens (tertiary/aromatic N) is 3. The first-order valence-corrected chi connectivity index (χ1v) is 20.8. The Morgan fingerprint density at radius 3 is 1.58 bits per heavy atom. The lowest BCUT2D eigenvalue weighted by molar-refractivity contribution is -0.146. The second kappa shape index (κ2) is 25.1. The molecule has 0 saturated carbocycles. The molecule has 356 valence electrons. The van der Waals surface area contributed by atoms with Crippen molar-refractivity contribution in [1.82, 2.24) is 5.01 Å². The molecule has 0 N–H and O–H groups in total. The van der Waals surface area contributed by atoms with E-state index in [4.69, 9.17) is 47.4 Å². The summed E-state index contributed by atoms with van der Waals surface area (Å²) >= 11 is 1.28. The molecule has 5 rings (SSSR count). The van der Waals surface area contributed by atoms with Crippen LogP contribution in [-0.4, -0.2) is 96.6 Å². The number of thioether (sulfide) groups is 1. The predicted octanol–water partition coefficient (Wildman–Crippen LogP) is 6.01. The third-order valence-corrected chi connectivity index (χ3v) is 10.0. The van der Waals surface area contributed by atoms with Gasteiger partial charge in [0.15, 0.2) is 28.2 Å². The van der Waals surface area contributed by atoms with Crippen molar-refractivity contribution in [2.75, 3.05) is 27.2 Å². The van der Waals surface area contributed by atoms with Crippen molar-refractivity contribution in [2.45, 2.75) is 18.2 Å². The molecule has 21 heteroatoms. The van der Waals surface area contributed by atoms with Crippen molar-refractivity contribution in [3.05, 3.63) is 158 Å². The standard InChI is InChI=1S/C48H41N3O17S/c1-7-40(52)51(48-50-34-14-12-13-15-39(34)69-48)49-24-32-21-33(67-46(57)30-16-18-35(59-25-63-41(53)8-2)37(22-30)61-27-65-43(55)10-4)20-29(6)45(32)68-47(58)31-17-19-36(60-26-64-42(54)9-3)38(23-31)62-28-66-44(56)11-5/h7-24,34,39H,1-5,25-28H2,6H3/b49-24+. The fourth-order valence-corrected chi connectivity index (χ4v) is 6.67. The number of hydrogen-bond donors (Lipinski definition) is 0. The summed E-state index contributed by atoms with van der Waals surface area (Å²) < 4.78 is 53.3. The molecule has 0 saturated heterocycles. The molecule has 0 radical (unpaired) electrons. The van der Waals surface area contributed by atoms with Gasteiger partial charge in [-0.3, -0.25) is 9.79 Å². The molecular weight excluding hydrogens is 923 g/mol. The Balaban J connectivity index is 1.50. The van der Waals surface area contributed by atoms with E-state index < -0.39 is 68.9 Å². The number of rotatable bonds is 23. The first-order valence-electron chi connectivity index (χ1n) is 19.9. The minimum atomic E-state index is -0.958. The van der Waals surface area contributed by atoms with E-state index in [0.29, 0.717) is 0 Å². The molecule has 2 aliphatic rings. The maximum absolute atomic E-state index is 13.9. The molecule has 2 atom stereocenters. The number of aliphatic imine (C=N–C) groups is 1. The molecule has 1 heterocycles. The zero-order valence-electron chi connectivity index (χ0n) is 36.6. The highest BCUT2D eigenvalue weighted by atomic mass is 32.2. The van der Waals surface area contributed by atoms with E-state index in [0.717, 1.165) is 35.4 Å². The summed E-state index contributed by atoms with van der Waals surface area (Å²) in [5.74, 6) is -6.15. The Hall–Kier alpha value is -8.98. The number of carbonyl (C=O) groups excluding carboxylic acids is 7. The number of benzene rings is 3. The number of esters is 6. The van der Waals surface area contributed by atoms with Gasteiger partial charge < -0.3 is 47.4 Å². The van der Waals surface area contributed by atoms with E-state index in [2.05, 4.69) is 43.0 Å². The van der Waals surface area contributed by atoms with Gasteiger partial charge in [0.05, 0.1) is 28.6 Å². The van der Waals surface area contributed by atoms with E-state index >= 15 is 0 Å². The van der Waals surface area contributed by atoms with Crippen molar-refractivity contribution in [1.29, 1.82) is 0 Å². The highest BCUT2D eigenvalue weighted by Crippen LogP contribution is 2.35. The molecule has 2 unspecified atom stereocenters. The van der Waals surface area contributed by atoms with Crippen LogP contribution < -0.4 is 28.4 Å². The molecule has 3 aromatic carbocycles. The zero-order valence-corrected chi connectivity index (χ0v) is 37.4. The molecule has 1 aliphatic carbocycles. The van der Waals surface area contributed by atoms with Crippen LogP contribution in [0.5, 0.6) is 34.5 Å². The van der Waals surface area contributed by atoms with Gasteiger partial charge in [0, 0.05) is 29.9 Å². The normalized spacial score (nSPS) is 14.1. The molecular formula is C48H41N3O17S. The lowest BCUT2D eigenvalue weighted by Gasteiger charge is -2.17. The van der Waals surface area contributed by atoms with Crippen LogP contribution in [0.1, 0.15) is 31.8 Å². The van der Waals surface area contributed by atoms with Crippen molar-refractivity contribution in [3.8, 4) is 34.5 Å². The summed E-state index contributed by atoms with van der Waals surface area (Å²) in [6.45, 7) is 16.0. The monoisotopic (exact) mass is 963 g/mol. The fraction of sp³-hybridized carbons (Fsp3) is 0.146. The van der Waals surface area contributed by atoms with Crippen LogP contribution in [0.3, 0.4) is 0 Å². The first kappa shape index (κ1) is 51.0. The van der Waals surface area contributed by atoms with Gasteiger partial charge in [0.25, 0.3) is 5.91 Å². The molecule has 0 aromatic heterocycles. The summed E-state index contributed by atoms with van der Waals surface area (Å²) in [4.78, 5) is 92.0. The Labute approximate surface area is 398 Å². The summed E-state index contributed by atoms with van der Waals surface area (Å²) in [6.07, 6.45) is 13.4. The highest BCUT2D eigenvalue weighted by Gasteiger charge is 2.32. The van der Waals surface area contributed by atoms with E-state index in [1.54, 1.807) is 0 Å². The van der Waals surface area contributed by atoms with Gasteiger partial charge in [0.1, 0.15) is 11.5 Å². The van der Waals surface area contributed by atoms with Gasteiger partial charge in [-0.25, -0.2) is 28.8 Å². The number of fused-ring (bicyclic) bond motifs is 1. The maximum Gasteiger partial charge on any atom is 0.343 e. The van der Waals surface area contributed by atoms with Crippen molar-refractivity contribution < 1.29 is 80.9 Å². The number of carbonyl (C=O) groups is 7. The van der Waals surface area contributed by atoms with Crippen LogP contribution >= 0.6 is 11.8 Å². The number of aryl methyl sites for hydroxylation is 1. The molecule has 3 aromatic rings. The third kappa shape index (κ3) is 14.5. The lowest BCUT2D eigenvalue weighted by atomic mass is 10.1. The Morgan fingerprint density at radius 2 is 1.10 bits per heavy atom. The minimum absolute atomic E-state index is 0.0143. The number of amidine groups is 1. The number of ether oxygens (including phenoxy) is 10. The largest absolute Gasteiger partial charge is 0.453 e. The van der Waals surface area contributed by atoms with Crippen LogP contribution in [0, 0.1) is 6.92 Å². The van der Waals surface area contributed by atoms with Crippen molar-refractivity contribution in [3.63, 3.8) is 0 Å². The summed E-state index contributed by atoms with van der Waals surface area (Å²) in [5.41, 5.74) is 0.0523. The Morgan fingerprint density at radius 1 is 0.623 bits per heavy atom. The van der Waals surface area contributed by atoms with Crippen LogP contribution in [0.15, 0.2) is 146 Å². The molecule has 20 nitrogen and oxygen atoms in total. The SMILES string of the molecule is C=CC(=O)OCOc1ccc(C(=O)Oc2cc(C)c(OC(=O)c3ccc(OCOC(=O)C=C)c(OCOC(=O)C=C)c3)c(/C=N/N(C(=O)C=C)C3=NC4C=CC=CC4S3)c2)cc1OCOC(=O)C=C. The van der Waals surface area contributed by atoms with Crippen LogP contribution in [0.25, 0.3) is 0 Å². The molecule has 1 amide bonds. The van der Waals surface area contributed by atoms with Gasteiger partial charge >= 0.3 is 35.8 Å². The number of amides is 1. The van der Waals surface area contributed by atoms with Gasteiger partial charge in [-0.05, 0) is 67.1 Å². The molecule has 1 aliphatic heterocycles. The molecule has 0 fully saturated rings. The fourth-order valence-electron chi connectivity index (χ4n) is 5.54. The second-order valence-corrected chi connectivity index (χ2v) is 14.5. The average molecular weight is 964 g/mol. The minimum Gasteiger partial charge on any atom is -0.453 e. The quantitative estimate of drug-likeness (QED) is 0.0201. The molecule has 0 bridgehead atoms. The number of hydrazone groups is 1. The smallest absolute Gasteiger partial charge is 0.343 e. The molecule has 69 heavy (non-hydrogen) atoms. The first-order chi connectivity index (χ1) is 33.3. The summed E-state index contributed by atoms with van der Waals surface area (Å²) in [6, 6.07) is 10.1. The summed E-state index contributed by atoms with van der Waals surface area (Å²) in [7, 11) is 0. The van der Waals surface area contributed by atoms with E-state index in [1.165, 1.54) is 73.4 Å². The second-order valence-electron chi connectivity index (χ2n) is 13.3. The van der Waals surface area contributed by atoms with Crippen LogP contribution in [0.2, 0.25) is 0 Å². The van der Waals surface area contributed by atoms with Crippen molar-refractivity contribution in [2.24, 2.45) is 10.1 Å². The third-order valence-electron chi connectivity index (χ3n) is 8.80. The maximum atomic E-state index is 13.9. The topological polar surface area (TPSA) is 240 Å². The van der Waals surface area contributed by atoms with Crippen LogP contribution in [-0.2, 0) is 42.9 Å². The van der Waals surface area contributed by atoms with E-state index in [9.17, 15) is 33.6 Å². The predicted molar refractivity (Wildman–Crippen MR) is 247 cm³/mol. The van der Waals surface area contributed by atoms with E-state index in [-0.39, 0.29) is 73.2 Å².